The zero-order valence-electron chi connectivity index (χ0n) is 12.9. The van der Waals surface area contributed by atoms with Gasteiger partial charge in [-0.25, -0.2) is 4.79 Å². The van der Waals surface area contributed by atoms with Crippen LogP contribution in [0.2, 0.25) is 0 Å². The van der Waals surface area contributed by atoms with E-state index in [1.165, 1.54) is 18.7 Å². The van der Waals surface area contributed by atoms with E-state index in [0.29, 0.717) is 5.56 Å². The first-order chi connectivity index (χ1) is 11.4. The van der Waals surface area contributed by atoms with Crippen LogP contribution in [0.1, 0.15) is 17.0 Å². The van der Waals surface area contributed by atoms with Crippen molar-refractivity contribution in [2.24, 2.45) is 19.8 Å². The SMILES string of the molecule is Cn1c2c(c(=O)n(C)c1=O)[C@@H](c1cccc(Br)c1)C(C#N)=C(N)O2. The zero-order chi connectivity index (χ0) is 17.6. The highest BCUT2D eigenvalue weighted by Gasteiger charge is 2.35. The number of nitriles is 1. The number of benzene rings is 1. The molecular weight excluding hydrogens is 376 g/mol. The molecule has 0 aliphatic carbocycles. The van der Waals surface area contributed by atoms with Crippen molar-refractivity contribution >= 4 is 15.9 Å². The van der Waals surface area contributed by atoms with Gasteiger partial charge < -0.3 is 10.5 Å². The monoisotopic (exact) mass is 388 g/mol. The molecule has 3 rings (SSSR count). The van der Waals surface area contributed by atoms with E-state index in [0.717, 1.165) is 9.04 Å². The van der Waals surface area contributed by atoms with E-state index in [4.69, 9.17) is 10.5 Å². The van der Waals surface area contributed by atoms with Gasteiger partial charge in [0.05, 0.1) is 11.5 Å². The maximum absolute atomic E-state index is 12.7. The first-order valence-electron chi connectivity index (χ1n) is 6.99. The normalized spacial score (nSPS) is 16.3. The van der Waals surface area contributed by atoms with E-state index >= 15 is 0 Å². The number of allylic oxidation sites excluding steroid dienone is 1. The van der Waals surface area contributed by atoms with Crippen molar-refractivity contribution in [2.75, 3.05) is 0 Å². The Kier molecular flexibility index (Phi) is 3.81. The summed E-state index contributed by atoms with van der Waals surface area (Å²) in [5, 5.41) is 9.52. The van der Waals surface area contributed by atoms with Gasteiger partial charge in [-0.15, -0.1) is 0 Å². The summed E-state index contributed by atoms with van der Waals surface area (Å²) >= 11 is 3.38. The lowest BCUT2D eigenvalue weighted by Gasteiger charge is -2.27. The fourth-order valence-corrected chi connectivity index (χ4v) is 3.22. The number of aromatic nitrogens is 2. The third kappa shape index (κ3) is 2.25. The molecule has 0 unspecified atom stereocenters. The van der Waals surface area contributed by atoms with Crippen LogP contribution in [0.4, 0.5) is 0 Å². The molecule has 1 atom stereocenters. The second-order valence-electron chi connectivity index (χ2n) is 5.40. The quantitative estimate of drug-likeness (QED) is 0.786. The van der Waals surface area contributed by atoms with Crippen LogP contribution in [0.5, 0.6) is 5.88 Å². The van der Waals surface area contributed by atoms with Gasteiger partial charge in [0.2, 0.25) is 11.8 Å². The molecule has 7 nitrogen and oxygen atoms in total. The van der Waals surface area contributed by atoms with Gasteiger partial charge in [0.25, 0.3) is 5.56 Å². The molecule has 0 amide bonds. The zero-order valence-corrected chi connectivity index (χ0v) is 14.5. The maximum Gasteiger partial charge on any atom is 0.333 e. The molecule has 24 heavy (non-hydrogen) atoms. The summed E-state index contributed by atoms with van der Waals surface area (Å²) in [5.41, 5.74) is 5.88. The highest BCUT2D eigenvalue weighted by Crippen LogP contribution is 2.39. The number of ether oxygens (including phenoxy) is 1. The van der Waals surface area contributed by atoms with Crippen LogP contribution in [0, 0.1) is 11.3 Å². The Balaban J connectivity index is 2.44. The smallest absolute Gasteiger partial charge is 0.333 e. The number of nitrogens with two attached hydrogens (primary N) is 1. The number of rotatable bonds is 1. The minimum absolute atomic E-state index is 0.0598. The Morgan fingerprint density at radius 2 is 2.00 bits per heavy atom. The summed E-state index contributed by atoms with van der Waals surface area (Å²) in [7, 11) is 2.87. The fraction of sp³-hybridized carbons (Fsp3) is 0.188. The number of nitrogens with zero attached hydrogens (tertiary/aromatic N) is 3. The lowest BCUT2D eigenvalue weighted by molar-refractivity contribution is 0.348. The Labute approximate surface area is 145 Å². The van der Waals surface area contributed by atoms with Gasteiger partial charge in [0.15, 0.2) is 0 Å². The number of hydrogen-bond donors (Lipinski definition) is 1. The summed E-state index contributed by atoms with van der Waals surface area (Å²) in [6.45, 7) is 0. The van der Waals surface area contributed by atoms with Crippen LogP contribution in [0.25, 0.3) is 0 Å². The fourth-order valence-electron chi connectivity index (χ4n) is 2.81. The van der Waals surface area contributed by atoms with E-state index in [9.17, 15) is 14.9 Å². The Bertz CT molecular complexity index is 1040. The molecule has 0 bridgehead atoms. The van der Waals surface area contributed by atoms with E-state index in [2.05, 4.69) is 15.9 Å². The van der Waals surface area contributed by atoms with Crippen molar-refractivity contribution in [2.45, 2.75) is 5.92 Å². The lowest BCUT2D eigenvalue weighted by atomic mass is 9.85. The van der Waals surface area contributed by atoms with E-state index in [1.807, 2.05) is 12.1 Å². The van der Waals surface area contributed by atoms with E-state index in [-0.39, 0.29) is 22.9 Å². The van der Waals surface area contributed by atoms with Gasteiger partial charge in [-0.05, 0) is 17.7 Å². The minimum Gasteiger partial charge on any atom is -0.423 e. The molecule has 122 valence electrons. The largest absolute Gasteiger partial charge is 0.423 e. The van der Waals surface area contributed by atoms with Crippen molar-refractivity contribution in [1.82, 2.24) is 9.13 Å². The van der Waals surface area contributed by atoms with Gasteiger partial charge in [-0.3, -0.25) is 13.9 Å². The molecule has 0 fully saturated rings. The highest BCUT2D eigenvalue weighted by molar-refractivity contribution is 9.10. The molecule has 0 saturated heterocycles. The van der Waals surface area contributed by atoms with Crippen LogP contribution in [0.15, 0.2) is 49.8 Å². The predicted molar refractivity (Wildman–Crippen MR) is 90.4 cm³/mol. The van der Waals surface area contributed by atoms with Crippen molar-refractivity contribution < 1.29 is 4.74 Å². The van der Waals surface area contributed by atoms with Crippen molar-refractivity contribution in [1.29, 1.82) is 5.26 Å². The molecule has 1 aromatic carbocycles. The number of hydrogen-bond acceptors (Lipinski definition) is 5. The van der Waals surface area contributed by atoms with Crippen molar-refractivity contribution in [3.63, 3.8) is 0 Å². The van der Waals surface area contributed by atoms with Crippen molar-refractivity contribution in [3.05, 3.63) is 72.2 Å². The average molecular weight is 389 g/mol. The third-order valence-electron chi connectivity index (χ3n) is 4.00. The first kappa shape index (κ1) is 16.1. The second-order valence-corrected chi connectivity index (χ2v) is 6.32. The van der Waals surface area contributed by atoms with Gasteiger partial charge in [-0.2, -0.15) is 5.26 Å². The number of halogens is 1. The average Bonchev–Trinajstić information content (AvgIpc) is 2.57. The van der Waals surface area contributed by atoms with Gasteiger partial charge in [0.1, 0.15) is 11.6 Å². The molecule has 1 aliphatic heterocycles. The molecule has 0 radical (unpaired) electrons. The van der Waals surface area contributed by atoms with Crippen LogP contribution in [-0.2, 0) is 14.1 Å². The van der Waals surface area contributed by atoms with Gasteiger partial charge in [-0.1, -0.05) is 28.1 Å². The molecule has 8 heteroatoms. The molecule has 0 spiro atoms. The van der Waals surface area contributed by atoms with Crippen molar-refractivity contribution in [3.8, 4) is 11.9 Å². The molecule has 2 N–H and O–H groups in total. The Morgan fingerprint density at radius 3 is 2.62 bits per heavy atom. The van der Waals surface area contributed by atoms with E-state index < -0.39 is 17.2 Å². The standard InChI is InChI=1S/C16H13BrN4O3/c1-20-14(22)12-11(8-4-3-5-9(17)6-8)10(7-18)13(19)24-15(12)21(2)16(20)23/h3-6,11H,19H2,1-2H3/t11-/m0/s1. The highest BCUT2D eigenvalue weighted by atomic mass is 79.9. The topological polar surface area (TPSA) is 103 Å². The minimum atomic E-state index is -0.707. The lowest BCUT2D eigenvalue weighted by Crippen LogP contribution is -2.42. The third-order valence-corrected chi connectivity index (χ3v) is 4.49. The van der Waals surface area contributed by atoms with Crippen LogP contribution in [0.3, 0.4) is 0 Å². The molecule has 2 aromatic rings. The van der Waals surface area contributed by atoms with Crippen LogP contribution in [-0.4, -0.2) is 9.13 Å². The molecule has 2 heterocycles. The van der Waals surface area contributed by atoms with Crippen LogP contribution < -0.4 is 21.7 Å². The van der Waals surface area contributed by atoms with Gasteiger partial charge >= 0.3 is 5.69 Å². The maximum atomic E-state index is 12.7. The summed E-state index contributed by atoms with van der Waals surface area (Å²) in [6, 6.07) is 9.25. The number of fused-ring (bicyclic) bond motifs is 1. The molecule has 0 saturated carbocycles. The summed E-state index contributed by atoms with van der Waals surface area (Å²) in [5.74, 6) is -0.760. The first-order valence-corrected chi connectivity index (χ1v) is 7.79. The summed E-state index contributed by atoms with van der Waals surface area (Å²) < 4.78 is 8.44. The summed E-state index contributed by atoms with van der Waals surface area (Å²) in [4.78, 5) is 24.8. The van der Waals surface area contributed by atoms with E-state index in [1.54, 1.807) is 18.2 Å². The molecule has 1 aromatic heterocycles. The predicted octanol–water partition coefficient (Wildman–Crippen LogP) is 1.06. The Hall–Kier alpha value is -2.79. The molecular formula is C16H13BrN4O3. The summed E-state index contributed by atoms with van der Waals surface area (Å²) in [6.07, 6.45) is 0. The molecule has 1 aliphatic rings. The Morgan fingerprint density at radius 1 is 1.29 bits per heavy atom. The van der Waals surface area contributed by atoms with Gasteiger partial charge in [0, 0.05) is 18.6 Å². The van der Waals surface area contributed by atoms with Crippen LogP contribution >= 0.6 is 15.9 Å². The second kappa shape index (κ2) is 5.69.